The van der Waals surface area contributed by atoms with Crippen LogP contribution in [-0.4, -0.2) is 36.8 Å². The first-order valence-corrected chi connectivity index (χ1v) is 7.60. The number of morpholine rings is 1. The fraction of sp³-hybridized carbons (Fsp3) is 0.688. The second-order valence-corrected chi connectivity index (χ2v) is 6.15. The van der Waals surface area contributed by atoms with Gasteiger partial charge in [-0.2, -0.15) is 0 Å². The summed E-state index contributed by atoms with van der Waals surface area (Å²) in [7, 11) is 0. The van der Waals surface area contributed by atoms with E-state index in [0.717, 1.165) is 38.5 Å². The van der Waals surface area contributed by atoms with E-state index >= 15 is 0 Å². The van der Waals surface area contributed by atoms with Crippen molar-refractivity contribution in [3.05, 3.63) is 23.9 Å². The summed E-state index contributed by atoms with van der Waals surface area (Å²) < 4.78 is 5.77. The zero-order valence-corrected chi connectivity index (χ0v) is 13.1. The highest BCUT2D eigenvalue weighted by Crippen LogP contribution is 2.23. The molecule has 1 N–H and O–H groups in total. The predicted octanol–water partition coefficient (Wildman–Crippen LogP) is 2.76. The van der Waals surface area contributed by atoms with Gasteiger partial charge in [-0.1, -0.05) is 6.92 Å². The molecule has 1 fully saturated rings. The molecule has 1 aromatic rings. The number of ether oxygens (including phenoxy) is 1. The summed E-state index contributed by atoms with van der Waals surface area (Å²) in [5.74, 6) is 1.06. The Bertz CT molecular complexity index is 433. The van der Waals surface area contributed by atoms with Gasteiger partial charge in [-0.25, -0.2) is 4.98 Å². The van der Waals surface area contributed by atoms with Crippen molar-refractivity contribution in [2.45, 2.75) is 45.8 Å². The van der Waals surface area contributed by atoms with Crippen molar-refractivity contribution in [1.29, 1.82) is 0 Å². The van der Waals surface area contributed by atoms with Gasteiger partial charge in [-0.3, -0.25) is 0 Å². The SMILES string of the molecule is CCCNC(C)c1ccnc(N2CCOC(C)(C)C2)c1. The van der Waals surface area contributed by atoms with E-state index in [0.29, 0.717) is 6.04 Å². The molecule has 0 spiro atoms. The second-order valence-electron chi connectivity index (χ2n) is 6.15. The number of hydrogen-bond donors (Lipinski definition) is 1. The zero-order valence-electron chi connectivity index (χ0n) is 13.1. The summed E-state index contributed by atoms with van der Waals surface area (Å²) in [6.07, 6.45) is 3.07. The van der Waals surface area contributed by atoms with Crippen LogP contribution < -0.4 is 10.2 Å². The van der Waals surface area contributed by atoms with E-state index in [4.69, 9.17) is 4.74 Å². The van der Waals surface area contributed by atoms with Crippen LogP contribution in [0.5, 0.6) is 0 Å². The number of pyridine rings is 1. The minimum atomic E-state index is -0.0952. The highest BCUT2D eigenvalue weighted by Gasteiger charge is 2.28. The Kier molecular flexibility index (Phi) is 5.00. The Hall–Kier alpha value is -1.13. The third-order valence-electron chi connectivity index (χ3n) is 3.72. The normalized spacial score (nSPS) is 19.9. The van der Waals surface area contributed by atoms with Gasteiger partial charge >= 0.3 is 0 Å². The number of nitrogens with one attached hydrogen (secondary N) is 1. The number of rotatable bonds is 5. The first-order valence-electron chi connectivity index (χ1n) is 7.60. The third kappa shape index (κ3) is 3.93. The van der Waals surface area contributed by atoms with Crippen molar-refractivity contribution in [3.63, 3.8) is 0 Å². The van der Waals surface area contributed by atoms with Gasteiger partial charge in [0.05, 0.1) is 12.2 Å². The maximum atomic E-state index is 5.77. The molecule has 20 heavy (non-hydrogen) atoms. The minimum absolute atomic E-state index is 0.0952. The highest BCUT2D eigenvalue weighted by molar-refractivity contribution is 5.42. The van der Waals surface area contributed by atoms with Gasteiger partial charge in [-0.05, 0) is 51.4 Å². The van der Waals surface area contributed by atoms with Gasteiger partial charge in [0.25, 0.3) is 0 Å². The van der Waals surface area contributed by atoms with Gasteiger partial charge in [0.15, 0.2) is 0 Å². The van der Waals surface area contributed by atoms with E-state index in [2.05, 4.69) is 55.0 Å². The molecule has 1 aliphatic heterocycles. The molecule has 1 unspecified atom stereocenters. The lowest BCUT2D eigenvalue weighted by Crippen LogP contribution is -2.48. The van der Waals surface area contributed by atoms with Gasteiger partial charge < -0.3 is 15.0 Å². The summed E-state index contributed by atoms with van der Waals surface area (Å²) in [6, 6.07) is 4.67. The molecule has 1 aromatic heterocycles. The third-order valence-corrected chi connectivity index (χ3v) is 3.72. The molecule has 0 aliphatic carbocycles. The lowest BCUT2D eigenvalue weighted by atomic mass is 10.1. The molecule has 4 heteroatoms. The van der Waals surface area contributed by atoms with Crippen LogP contribution in [-0.2, 0) is 4.74 Å². The van der Waals surface area contributed by atoms with Crippen LogP contribution in [0.25, 0.3) is 0 Å². The Labute approximate surface area is 122 Å². The Morgan fingerprint density at radius 3 is 3.00 bits per heavy atom. The number of anilines is 1. The number of hydrogen-bond acceptors (Lipinski definition) is 4. The zero-order chi connectivity index (χ0) is 14.6. The monoisotopic (exact) mass is 277 g/mol. The predicted molar refractivity (Wildman–Crippen MR) is 83.2 cm³/mol. The largest absolute Gasteiger partial charge is 0.372 e. The maximum Gasteiger partial charge on any atom is 0.128 e. The molecule has 0 aromatic carbocycles. The van der Waals surface area contributed by atoms with Crippen molar-refractivity contribution in [1.82, 2.24) is 10.3 Å². The summed E-state index contributed by atoms with van der Waals surface area (Å²) in [4.78, 5) is 6.85. The molecule has 2 rings (SSSR count). The number of aromatic nitrogens is 1. The van der Waals surface area contributed by atoms with E-state index in [-0.39, 0.29) is 5.60 Å². The summed E-state index contributed by atoms with van der Waals surface area (Å²) >= 11 is 0. The van der Waals surface area contributed by atoms with Crippen molar-refractivity contribution in [2.75, 3.05) is 31.1 Å². The molecule has 0 amide bonds. The van der Waals surface area contributed by atoms with Crippen LogP contribution >= 0.6 is 0 Å². The maximum absolute atomic E-state index is 5.77. The van der Waals surface area contributed by atoms with Crippen molar-refractivity contribution < 1.29 is 4.74 Å². The average molecular weight is 277 g/mol. The van der Waals surface area contributed by atoms with E-state index in [1.165, 1.54) is 5.56 Å². The van der Waals surface area contributed by atoms with E-state index in [9.17, 15) is 0 Å². The van der Waals surface area contributed by atoms with Crippen molar-refractivity contribution >= 4 is 5.82 Å². The molecule has 4 nitrogen and oxygen atoms in total. The smallest absolute Gasteiger partial charge is 0.128 e. The molecular weight excluding hydrogens is 250 g/mol. The molecule has 2 heterocycles. The van der Waals surface area contributed by atoms with Gasteiger partial charge in [0.1, 0.15) is 5.82 Å². The first kappa shape index (κ1) is 15.3. The molecular formula is C16H27N3O. The Morgan fingerprint density at radius 2 is 2.30 bits per heavy atom. The van der Waals surface area contributed by atoms with Crippen molar-refractivity contribution in [3.8, 4) is 0 Å². The lowest BCUT2D eigenvalue weighted by molar-refractivity contribution is -0.0279. The van der Waals surface area contributed by atoms with Crippen molar-refractivity contribution in [2.24, 2.45) is 0 Å². The van der Waals surface area contributed by atoms with Crippen LogP contribution in [0.15, 0.2) is 18.3 Å². The standard InChI is InChI=1S/C16H27N3O/c1-5-7-17-13(2)14-6-8-18-15(11-14)19-9-10-20-16(3,4)12-19/h6,8,11,13,17H,5,7,9-10,12H2,1-4H3. The quantitative estimate of drug-likeness (QED) is 0.898. The molecule has 1 saturated heterocycles. The number of nitrogens with zero attached hydrogens (tertiary/aromatic N) is 2. The highest BCUT2D eigenvalue weighted by atomic mass is 16.5. The summed E-state index contributed by atoms with van der Waals surface area (Å²) in [5, 5.41) is 3.52. The molecule has 0 bridgehead atoms. The van der Waals surface area contributed by atoms with Crippen LogP contribution in [0.2, 0.25) is 0 Å². The second kappa shape index (κ2) is 6.55. The Morgan fingerprint density at radius 1 is 1.50 bits per heavy atom. The molecule has 112 valence electrons. The fourth-order valence-corrected chi connectivity index (χ4v) is 2.57. The average Bonchev–Trinajstić information content (AvgIpc) is 2.44. The first-order chi connectivity index (χ1) is 9.52. The van der Waals surface area contributed by atoms with E-state index < -0.39 is 0 Å². The summed E-state index contributed by atoms with van der Waals surface area (Å²) in [5.41, 5.74) is 1.20. The van der Waals surface area contributed by atoms with Crippen LogP contribution in [0.4, 0.5) is 5.82 Å². The molecule has 1 aliphatic rings. The summed E-state index contributed by atoms with van der Waals surface area (Å²) in [6.45, 7) is 12.3. The minimum Gasteiger partial charge on any atom is -0.372 e. The van der Waals surface area contributed by atoms with E-state index in [1.807, 2.05) is 6.20 Å². The molecule has 1 atom stereocenters. The van der Waals surface area contributed by atoms with Gasteiger partial charge in [0.2, 0.25) is 0 Å². The Balaban J connectivity index is 2.09. The van der Waals surface area contributed by atoms with Gasteiger partial charge in [-0.15, -0.1) is 0 Å². The fourth-order valence-electron chi connectivity index (χ4n) is 2.57. The van der Waals surface area contributed by atoms with Gasteiger partial charge in [0, 0.05) is 25.3 Å². The topological polar surface area (TPSA) is 37.4 Å². The van der Waals surface area contributed by atoms with Crippen LogP contribution in [0.1, 0.15) is 45.7 Å². The molecule has 0 saturated carbocycles. The van der Waals surface area contributed by atoms with Crippen LogP contribution in [0.3, 0.4) is 0 Å². The van der Waals surface area contributed by atoms with E-state index in [1.54, 1.807) is 0 Å². The van der Waals surface area contributed by atoms with Crippen LogP contribution in [0, 0.1) is 0 Å². The lowest BCUT2D eigenvalue weighted by Gasteiger charge is -2.39. The molecule has 0 radical (unpaired) electrons.